The van der Waals surface area contributed by atoms with Crippen LogP contribution in [0.4, 0.5) is 5.82 Å². The van der Waals surface area contributed by atoms with Gasteiger partial charge < -0.3 is 5.32 Å². The molecule has 3 aromatic rings. The van der Waals surface area contributed by atoms with Gasteiger partial charge in [0.2, 0.25) is 5.91 Å². The van der Waals surface area contributed by atoms with Crippen LogP contribution in [0.15, 0.2) is 35.1 Å². The van der Waals surface area contributed by atoms with Gasteiger partial charge in [-0.3, -0.25) is 18.6 Å². The number of nitrogens with one attached hydrogen (secondary N) is 1. The molecule has 1 aliphatic rings. The lowest BCUT2D eigenvalue weighted by Gasteiger charge is -2.11. The summed E-state index contributed by atoms with van der Waals surface area (Å²) in [4.78, 5) is 25.1. The Morgan fingerprint density at radius 1 is 1.20 bits per heavy atom. The van der Waals surface area contributed by atoms with Crippen molar-refractivity contribution in [3.8, 4) is 0 Å². The van der Waals surface area contributed by atoms with Gasteiger partial charge in [-0.2, -0.15) is 5.10 Å². The standard InChI is InChI=1S/C18H21N5O2/c1-2-21-14-8-3-4-9-15(14)22(18(21)25)12-17(24)19-16-11-13-7-5-6-10-23(13)20-16/h3-4,8-9,11H,2,5-7,10,12H2,1H3,(H,19,20,24). The van der Waals surface area contributed by atoms with Gasteiger partial charge in [-0.25, -0.2) is 4.79 Å². The van der Waals surface area contributed by atoms with E-state index in [0.29, 0.717) is 12.4 Å². The minimum Gasteiger partial charge on any atom is -0.308 e. The zero-order valence-electron chi connectivity index (χ0n) is 14.2. The van der Waals surface area contributed by atoms with Crippen LogP contribution in [0.2, 0.25) is 0 Å². The fourth-order valence-corrected chi connectivity index (χ4v) is 3.54. The van der Waals surface area contributed by atoms with Crippen molar-refractivity contribution in [2.24, 2.45) is 0 Å². The lowest BCUT2D eigenvalue weighted by Crippen LogP contribution is -2.29. The fraction of sp³-hybridized carbons (Fsp3) is 0.389. The van der Waals surface area contributed by atoms with Crippen molar-refractivity contribution < 1.29 is 4.79 Å². The largest absolute Gasteiger partial charge is 0.329 e. The zero-order valence-corrected chi connectivity index (χ0v) is 14.2. The highest BCUT2D eigenvalue weighted by Gasteiger charge is 2.17. The Balaban J connectivity index is 1.59. The SMILES string of the molecule is CCn1c(=O)n(CC(=O)Nc2cc3n(n2)CCCC3)c2ccccc21. The fourth-order valence-electron chi connectivity index (χ4n) is 3.54. The Kier molecular flexibility index (Phi) is 3.91. The first kappa shape index (κ1) is 15.7. The molecule has 1 aromatic carbocycles. The molecule has 0 radical (unpaired) electrons. The molecule has 1 N–H and O–H groups in total. The van der Waals surface area contributed by atoms with Gasteiger partial charge in [0.1, 0.15) is 6.54 Å². The van der Waals surface area contributed by atoms with Crippen LogP contribution in [-0.2, 0) is 30.8 Å². The molecule has 0 atom stereocenters. The van der Waals surface area contributed by atoms with Crippen LogP contribution in [0.3, 0.4) is 0 Å². The van der Waals surface area contributed by atoms with Crippen LogP contribution < -0.4 is 11.0 Å². The summed E-state index contributed by atoms with van der Waals surface area (Å²) in [7, 11) is 0. The molecule has 0 fully saturated rings. The third-order valence-corrected chi connectivity index (χ3v) is 4.73. The number of aryl methyl sites for hydroxylation is 3. The topological polar surface area (TPSA) is 73.8 Å². The van der Waals surface area contributed by atoms with Crippen LogP contribution in [-0.4, -0.2) is 24.8 Å². The van der Waals surface area contributed by atoms with Crippen LogP contribution in [0.5, 0.6) is 0 Å². The van der Waals surface area contributed by atoms with Crippen molar-refractivity contribution in [3.05, 3.63) is 46.5 Å². The summed E-state index contributed by atoms with van der Waals surface area (Å²) in [5.41, 5.74) is 2.61. The molecule has 130 valence electrons. The first-order chi connectivity index (χ1) is 12.2. The molecule has 1 aliphatic heterocycles. The van der Waals surface area contributed by atoms with E-state index >= 15 is 0 Å². The number of rotatable bonds is 4. The Labute approximate surface area is 144 Å². The first-order valence-electron chi connectivity index (χ1n) is 8.72. The predicted octanol–water partition coefficient (Wildman–Crippen LogP) is 1.99. The highest BCUT2D eigenvalue weighted by atomic mass is 16.2. The molecule has 7 heteroatoms. The molecule has 0 unspecified atom stereocenters. The quantitative estimate of drug-likeness (QED) is 0.790. The van der Waals surface area contributed by atoms with E-state index in [2.05, 4.69) is 10.4 Å². The Hall–Kier alpha value is -2.83. The van der Waals surface area contributed by atoms with E-state index in [1.807, 2.05) is 41.9 Å². The van der Waals surface area contributed by atoms with Gasteiger partial charge in [0, 0.05) is 24.8 Å². The zero-order chi connectivity index (χ0) is 17.4. The van der Waals surface area contributed by atoms with Crippen molar-refractivity contribution in [2.45, 2.75) is 45.8 Å². The van der Waals surface area contributed by atoms with Gasteiger partial charge >= 0.3 is 5.69 Å². The summed E-state index contributed by atoms with van der Waals surface area (Å²) in [5, 5.41) is 7.26. The van der Waals surface area contributed by atoms with E-state index in [4.69, 9.17) is 0 Å². The van der Waals surface area contributed by atoms with Crippen molar-refractivity contribution in [1.82, 2.24) is 18.9 Å². The minimum absolute atomic E-state index is 0.0193. The van der Waals surface area contributed by atoms with Gasteiger partial charge in [0.15, 0.2) is 5.82 Å². The second-order valence-corrected chi connectivity index (χ2v) is 6.35. The van der Waals surface area contributed by atoms with Gasteiger partial charge in [0.05, 0.1) is 11.0 Å². The second kappa shape index (κ2) is 6.23. The molecule has 0 saturated heterocycles. The summed E-state index contributed by atoms with van der Waals surface area (Å²) in [6.45, 7) is 3.37. The van der Waals surface area contributed by atoms with Gasteiger partial charge in [-0.15, -0.1) is 0 Å². The summed E-state index contributed by atoms with van der Waals surface area (Å²) < 4.78 is 5.15. The third-order valence-electron chi connectivity index (χ3n) is 4.73. The first-order valence-corrected chi connectivity index (χ1v) is 8.72. The van der Waals surface area contributed by atoms with Crippen LogP contribution in [0.1, 0.15) is 25.5 Å². The van der Waals surface area contributed by atoms with Crippen molar-refractivity contribution >= 4 is 22.8 Å². The average molecular weight is 339 g/mol. The van der Waals surface area contributed by atoms with Crippen LogP contribution in [0, 0.1) is 0 Å². The third kappa shape index (κ3) is 2.75. The van der Waals surface area contributed by atoms with Crippen LogP contribution >= 0.6 is 0 Å². The van der Waals surface area contributed by atoms with Crippen molar-refractivity contribution in [3.63, 3.8) is 0 Å². The normalized spacial score (nSPS) is 13.8. The molecule has 3 heterocycles. The molecule has 7 nitrogen and oxygen atoms in total. The number of anilines is 1. The van der Waals surface area contributed by atoms with Crippen molar-refractivity contribution in [1.29, 1.82) is 0 Å². The maximum absolute atomic E-state index is 12.6. The van der Waals surface area contributed by atoms with E-state index in [9.17, 15) is 9.59 Å². The smallest absolute Gasteiger partial charge is 0.308 e. The van der Waals surface area contributed by atoms with Gasteiger partial charge in [0.25, 0.3) is 0 Å². The number of hydrogen-bond acceptors (Lipinski definition) is 3. The number of fused-ring (bicyclic) bond motifs is 2. The number of imidazole rings is 1. The molecular weight excluding hydrogens is 318 g/mol. The Morgan fingerprint density at radius 3 is 2.68 bits per heavy atom. The molecule has 25 heavy (non-hydrogen) atoms. The van der Waals surface area contributed by atoms with E-state index in [1.54, 1.807) is 4.57 Å². The predicted molar refractivity (Wildman–Crippen MR) is 95.7 cm³/mol. The number of amides is 1. The number of para-hydroxylation sites is 2. The average Bonchev–Trinajstić information content (AvgIpc) is 3.13. The van der Waals surface area contributed by atoms with E-state index in [0.717, 1.165) is 42.5 Å². The lowest BCUT2D eigenvalue weighted by atomic mass is 10.1. The molecule has 0 aliphatic carbocycles. The van der Waals surface area contributed by atoms with E-state index in [1.165, 1.54) is 4.57 Å². The summed E-state index contributed by atoms with van der Waals surface area (Å²) in [5.74, 6) is 0.325. The van der Waals surface area contributed by atoms with E-state index in [-0.39, 0.29) is 18.1 Å². The number of carbonyl (C=O) groups is 1. The highest BCUT2D eigenvalue weighted by molar-refractivity contribution is 5.90. The second-order valence-electron chi connectivity index (χ2n) is 6.35. The molecule has 4 rings (SSSR count). The maximum Gasteiger partial charge on any atom is 0.329 e. The Bertz CT molecular complexity index is 971. The number of hydrogen-bond donors (Lipinski definition) is 1. The lowest BCUT2D eigenvalue weighted by molar-refractivity contribution is -0.116. The highest BCUT2D eigenvalue weighted by Crippen LogP contribution is 2.18. The summed E-state index contributed by atoms with van der Waals surface area (Å²) in [6.07, 6.45) is 3.27. The number of aromatic nitrogens is 4. The van der Waals surface area contributed by atoms with Crippen LogP contribution in [0.25, 0.3) is 11.0 Å². The molecule has 1 amide bonds. The minimum atomic E-state index is -0.239. The monoisotopic (exact) mass is 339 g/mol. The summed E-state index contributed by atoms with van der Waals surface area (Å²) >= 11 is 0. The summed E-state index contributed by atoms with van der Waals surface area (Å²) in [6, 6.07) is 9.46. The maximum atomic E-state index is 12.6. The molecular formula is C18H21N5O2. The molecule has 0 saturated carbocycles. The number of nitrogens with zero attached hydrogens (tertiary/aromatic N) is 4. The van der Waals surface area contributed by atoms with Crippen molar-refractivity contribution in [2.75, 3.05) is 5.32 Å². The molecule has 2 aromatic heterocycles. The van der Waals surface area contributed by atoms with E-state index < -0.39 is 0 Å². The molecule has 0 bridgehead atoms. The molecule has 0 spiro atoms. The number of carbonyl (C=O) groups excluding carboxylic acids is 1. The van der Waals surface area contributed by atoms with Gasteiger partial charge in [-0.05, 0) is 38.3 Å². The number of benzene rings is 1. The van der Waals surface area contributed by atoms with Gasteiger partial charge in [-0.1, -0.05) is 12.1 Å². The Morgan fingerprint density at radius 2 is 1.96 bits per heavy atom.